The summed E-state index contributed by atoms with van der Waals surface area (Å²) < 4.78 is 28.6. The summed E-state index contributed by atoms with van der Waals surface area (Å²) in [5, 5.41) is 0. The molecule has 0 aromatic heterocycles. The van der Waals surface area contributed by atoms with Crippen LogP contribution in [0.2, 0.25) is 0 Å². The van der Waals surface area contributed by atoms with Crippen LogP contribution in [0.5, 0.6) is 0 Å². The lowest BCUT2D eigenvalue weighted by Gasteiger charge is -2.31. The standard InChI is InChI=1S/C30H25NO2S/c1-23-16-18-27(19-17-23)34(32,33)31-21-20-26(28-14-8-9-15-30(28)31)22-29(24-10-4-2-5-11-24)25-12-6-3-7-13-25/h2-19H,20-21H2,1H3. The zero-order valence-electron chi connectivity index (χ0n) is 19.0. The number of rotatable bonds is 4. The summed E-state index contributed by atoms with van der Waals surface area (Å²) >= 11 is 0. The topological polar surface area (TPSA) is 37.4 Å². The Morgan fingerprint density at radius 2 is 1.29 bits per heavy atom. The molecule has 5 rings (SSSR count). The first-order chi connectivity index (χ1) is 16.5. The molecular weight excluding hydrogens is 438 g/mol. The summed E-state index contributed by atoms with van der Waals surface area (Å²) in [5.41, 5.74) is 10.5. The van der Waals surface area contributed by atoms with E-state index in [4.69, 9.17) is 0 Å². The fraction of sp³-hybridized carbons (Fsp3) is 0.100. The molecule has 0 N–H and O–H groups in total. The lowest BCUT2D eigenvalue weighted by Crippen LogP contribution is -2.35. The van der Waals surface area contributed by atoms with Crippen molar-refractivity contribution in [1.82, 2.24) is 0 Å². The fourth-order valence-corrected chi connectivity index (χ4v) is 5.79. The molecule has 0 spiro atoms. The van der Waals surface area contributed by atoms with Gasteiger partial charge in [0.2, 0.25) is 0 Å². The molecule has 4 heteroatoms. The molecule has 0 radical (unpaired) electrons. The predicted octanol–water partition coefficient (Wildman–Crippen LogP) is 6.71. The van der Waals surface area contributed by atoms with Crippen molar-refractivity contribution in [2.24, 2.45) is 0 Å². The van der Waals surface area contributed by atoms with Crippen LogP contribution < -0.4 is 4.31 Å². The van der Waals surface area contributed by atoms with E-state index in [2.05, 4.69) is 30.0 Å². The second-order valence-corrected chi connectivity index (χ2v) is 10.2. The highest BCUT2D eigenvalue weighted by Crippen LogP contribution is 2.38. The second kappa shape index (κ2) is 9.18. The average Bonchev–Trinajstić information content (AvgIpc) is 2.88. The van der Waals surface area contributed by atoms with E-state index in [1.54, 1.807) is 12.1 Å². The van der Waals surface area contributed by atoms with Crippen LogP contribution in [0.4, 0.5) is 5.69 Å². The van der Waals surface area contributed by atoms with Gasteiger partial charge in [-0.1, -0.05) is 96.6 Å². The van der Waals surface area contributed by atoms with Gasteiger partial charge < -0.3 is 0 Å². The molecule has 0 saturated heterocycles. The maximum absolute atomic E-state index is 13.5. The Labute approximate surface area is 201 Å². The Bertz CT molecular complexity index is 1440. The summed E-state index contributed by atoms with van der Waals surface area (Å²) in [6.07, 6.45) is 0.575. The van der Waals surface area contributed by atoms with Gasteiger partial charge in [-0.05, 0) is 42.7 Å². The molecule has 0 aliphatic carbocycles. The highest BCUT2D eigenvalue weighted by atomic mass is 32.2. The highest BCUT2D eigenvalue weighted by molar-refractivity contribution is 7.92. The summed E-state index contributed by atoms with van der Waals surface area (Å²) in [4.78, 5) is 0.310. The van der Waals surface area contributed by atoms with E-state index in [1.165, 1.54) is 4.31 Å². The van der Waals surface area contributed by atoms with Crippen molar-refractivity contribution in [3.63, 3.8) is 0 Å². The van der Waals surface area contributed by atoms with Gasteiger partial charge in [0, 0.05) is 23.3 Å². The summed E-state index contributed by atoms with van der Waals surface area (Å²) in [5.74, 6) is 0. The van der Waals surface area contributed by atoms with Crippen molar-refractivity contribution < 1.29 is 8.42 Å². The third-order valence-corrected chi connectivity index (χ3v) is 7.90. The van der Waals surface area contributed by atoms with Crippen LogP contribution in [0.3, 0.4) is 0 Å². The number of hydrogen-bond acceptors (Lipinski definition) is 2. The Kier molecular flexibility index (Phi) is 5.93. The molecule has 0 atom stereocenters. The molecule has 0 fully saturated rings. The molecule has 0 unspecified atom stereocenters. The second-order valence-electron chi connectivity index (χ2n) is 8.37. The smallest absolute Gasteiger partial charge is 0.264 e. The molecule has 168 valence electrons. The van der Waals surface area contributed by atoms with E-state index in [0.29, 0.717) is 23.5 Å². The van der Waals surface area contributed by atoms with E-state index in [9.17, 15) is 8.42 Å². The van der Waals surface area contributed by atoms with Crippen molar-refractivity contribution in [3.05, 3.63) is 137 Å². The number of sulfonamides is 1. The van der Waals surface area contributed by atoms with E-state index in [0.717, 1.165) is 33.4 Å². The molecule has 1 aliphatic rings. The van der Waals surface area contributed by atoms with E-state index in [-0.39, 0.29) is 0 Å². The fourth-order valence-electron chi connectivity index (χ4n) is 4.30. The minimum atomic E-state index is -3.66. The lowest BCUT2D eigenvalue weighted by atomic mass is 9.93. The van der Waals surface area contributed by atoms with Gasteiger partial charge in [-0.2, -0.15) is 0 Å². The summed E-state index contributed by atoms with van der Waals surface area (Å²) in [7, 11) is -3.66. The third-order valence-electron chi connectivity index (χ3n) is 6.07. The number of fused-ring (bicyclic) bond motifs is 1. The largest absolute Gasteiger partial charge is 0.265 e. The van der Waals surface area contributed by atoms with Crippen LogP contribution in [0.15, 0.2) is 120 Å². The summed E-state index contributed by atoms with van der Waals surface area (Å²) in [6, 6.07) is 35.2. The van der Waals surface area contributed by atoms with Crippen LogP contribution in [0.1, 0.15) is 28.7 Å². The van der Waals surface area contributed by atoms with Gasteiger partial charge in [0.1, 0.15) is 0 Å². The van der Waals surface area contributed by atoms with E-state index in [1.807, 2.05) is 79.7 Å². The zero-order chi connectivity index (χ0) is 23.5. The molecule has 34 heavy (non-hydrogen) atoms. The number of hydrogen-bond donors (Lipinski definition) is 0. The van der Waals surface area contributed by atoms with E-state index >= 15 is 0 Å². The normalized spacial score (nSPS) is 13.2. The Morgan fingerprint density at radius 1 is 0.735 bits per heavy atom. The number of aryl methyl sites for hydroxylation is 1. The third kappa shape index (κ3) is 4.22. The van der Waals surface area contributed by atoms with Crippen molar-refractivity contribution in [3.8, 4) is 0 Å². The number of nitrogens with zero attached hydrogens (tertiary/aromatic N) is 1. The first-order valence-electron chi connectivity index (χ1n) is 11.3. The van der Waals surface area contributed by atoms with Crippen molar-refractivity contribution in [2.75, 3.05) is 10.8 Å². The van der Waals surface area contributed by atoms with Crippen molar-refractivity contribution >= 4 is 26.9 Å². The summed E-state index contributed by atoms with van der Waals surface area (Å²) in [6.45, 7) is 2.32. The lowest BCUT2D eigenvalue weighted by molar-refractivity contribution is 0.590. The van der Waals surface area contributed by atoms with Gasteiger partial charge in [0.05, 0.1) is 10.6 Å². The SMILES string of the molecule is Cc1ccc(S(=O)(=O)N2CCC(=C=C(c3ccccc3)c3ccccc3)c3ccccc32)cc1. The Morgan fingerprint density at radius 3 is 1.91 bits per heavy atom. The molecule has 0 bridgehead atoms. The highest BCUT2D eigenvalue weighted by Gasteiger charge is 2.30. The van der Waals surface area contributed by atoms with Crippen LogP contribution in [-0.4, -0.2) is 15.0 Å². The van der Waals surface area contributed by atoms with Crippen molar-refractivity contribution in [1.29, 1.82) is 0 Å². The first kappa shape index (κ1) is 22.0. The van der Waals surface area contributed by atoms with Gasteiger partial charge >= 0.3 is 0 Å². The molecule has 4 aromatic carbocycles. The Hall–Kier alpha value is -3.85. The minimum Gasteiger partial charge on any atom is -0.265 e. The maximum atomic E-state index is 13.5. The monoisotopic (exact) mass is 463 g/mol. The van der Waals surface area contributed by atoms with Gasteiger partial charge in [0.25, 0.3) is 10.0 Å². The van der Waals surface area contributed by atoms with Crippen LogP contribution >= 0.6 is 0 Å². The van der Waals surface area contributed by atoms with Crippen LogP contribution in [0.25, 0.3) is 11.1 Å². The molecular formula is C30H25NO2S. The molecule has 1 aliphatic heterocycles. The molecule has 0 saturated carbocycles. The average molecular weight is 464 g/mol. The maximum Gasteiger partial charge on any atom is 0.264 e. The molecule has 3 nitrogen and oxygen atoms in total. The molecule has 4 aromatic rings. The molecule has 1 heterocycles. The minimum absolute atomic E-state index is 0.310. The Balaban J connectivity index is 1.67. The van der Waals surface area contributed by atoms with Crippen LogP contribution in [0, 0.1) is 6.92 Å². The first-order valence-corrected chi connectivity index (χ1v) is 12.8. The number of para-hydroxylation sites is 1. The van der Waals surface area contributed by atoms with Gasteiger partial charge in [-0.25, -0.2) is 8.42 Å². The van der Waals surface area contributed by atoms with Gasteiger partial charge in [-0.15, -0.1) is 5.73 Å². The predicted molar refractivity (Wildman–Crippen MR) is 139 cm³/mol. The van der Waals surface area contributed by atoms with Gasteiger partial charge in [-0.3, -0.25) is 4.31 Å². The van der Waals surface area contributed by atoms with E-state index < -0.39 is 10.0 Å². The van der Waals surface area contributed by atoms with Crippen molar-refractivity contribution in [2.45, 2.75) is 18.2 Å². The zero-order valence-corrected chi connectivity index (χ0v) is 19.8. The van der Waals surface area contributed by atoms with Gasteiger partial charge in [0.15, 0.2) is 0 Å². The number of benzene rings is 4. The number of anilines is 1. The van der Waals surface area contributed by atoms with Crippen LogP contribution in [-0.2, 0) is 10.0 Å². The molecule has 0 amide bonds. The quantitative estimate of drug-likeness (QED) is 0.316.